The van der Waals surface area contributed by atoms with Gasteiger partial charge >= 0.3 is 0 Å². The first kappa shape index (κ1) is 14.4. The summed E-state index contributed by atoms with van der Waals surface area (Å²) in [5, 5.41) is 10.1. The Bertz CT molecular complexity index is 511. The van der Waals surface area contributed by atoms with Crippen LogP contribution >= 0.6 is 27.7 Å². The van der Waals surface area contributed by atoms with Gasteiger partial charge in [-0.1, -0.05) is 28.1 Å². The second-order valence-corrected chi connectivity index (χ2v) is 6.06. The van der Waals surface area contributed by atoms with E-state index in [0.717, 1.165) is 20.7 Å². The minimum absolute atomic E-state index is 0.473. The minimum Gasteiger partial charge on any atom is -0.497 e. The number of halogens is 1. The molecule has 0 bridgehead atoms. The molecule has 0 aromatic heterocycles. The number of hydrogen-bond donors (Lipinski definition) is 1. The maximum atomic E-state index is 10.1. The first-order chi connectivity index (χ1) is 9.19. The highest BCUT2D eigenvalue weighted by Gasteiger charge is 2.08. The zero-order valence-electron chi connectivity index (χ0n) is 10.5. The monoisotopic (exact) mass is 338 g/mol. The molecule has 1 atom stereocenters. The topological polar surface area (TPSA) is 29.5 Å². The molecule has 0 heterocycles. The summed E-state index contributed by atoms with van der Waals surface area (Å²) in [5.41, 5.74) is 0.908. The van der Waals surface area contributed by atoms with Gasteiger partial charge in [0, 0.05) is 15.1 Å². The van der Waals surface area contributed by atoms with E-state index in [1.54, 1.807) is 18.9 Å². The molecule has 19 heavy (non-hydrogen) atoms. The van der Waals surface area contributed by atoms with Crippen LogP contribution in [0, 0.1) is 0 Å². The fourth-order valence-electron chi connectivity index (χ4n) is 1.63. The number of benzene rings is 2. The molecule has 0 aliphatic heterocycles. The van der Waals surface area contributed by atoms with E-state index in [9.17, 15) is 5.11 Å². The Morgan fingerprint density at radius 2 is 1.74 bits per heavy atom. The van der Waals surface area contributed by atoms with Crippen LogP contribution in [0.15, 0.2) is 57.9 Å². The number of methoxy groups -OCH3 is 1. The second-order valence-electron chi connectivity index (χ2n) is 4.05. The Balaban J connectivity index is 1.93. The highest BCUT2D eigenvalue weighted by atomic mass is 79.9. The Morgan fingerprint density at radius 1 is 1.11 bits per heavy atom. The molecule has 2 rings (SSSR count). The van der Waals surface area contributed by atoms with Gasteiger partial charge in [0.25, 0.3) is 0 Å². The third-order valence-electron chi connectivity index (χ3n) is 2.72. The third kappa shape index (κ3) is 4.27. The van der Waals surface area contributed by atoms with Crippen LogP contribution in [-0.2, 0) is 0 Å². The van der Waals surface area contributed by atoms with Gasteiger partial charge in [0.2, 0.25) is 0 Å². The van der Waals surface area contributed by atoms with Crippen molar-refractivity contribution < 1.29 is 9.84 Å². The highest BCUT2D eigenvalue weighted by molar-refractivity contribution is 9.10. The van der Waals surface area contributed by atoms with E-state index in [2.05, 4.69) is 15.9 Å². The quantitative estimate of drug-likeness (QED) is 0.825. The van der Waals surface area contributed by atoms with Crippen molar-refractivity contribution in [3.63, 3.8) is 0 Å². The zero-order chi connectivity index (χ0) is 13.7. The predicted molar refractivity (Wildman–Crippen MR) is 82.8 cm³/mol. The number of aliphatic hydroxyl groups excluding tert-OH is 1. The standard InChI is InChI=1S/C15H15BrO2S/c1-18-13-6-2-11(3-7-13)15(17)10-19-14-8-4-12(16)5-9-14/h2-9,15,17H,10H2,1H3. The van der Waals surface area contributed by atoms with Crippen LogP contribution in [0.5, 0.6) is 5.75 Å². The van der Waals surface area contributed by atoms with E-state index >= 15 is 0 Å². The smallest absolute Gasteiger partial charge is 0.118 e. The van der Waals surface area contributed by atoms with E-state index in [1.165, 1.54) is 0 Å². The maximum Gasteiger partial charge on any atom is 0.118 e. The molecule has 0 saturated carbocycles. The molecule has 0 aliphatic carbocycles. The number of ether oxygens (including phenoxy) is 1. The first-order valence-corrected chi connectivity index (χ1v) is 7.67. The number of rotatable bonds is 5. The lowest BCUT2D eigenvalue weighted by molar-refractivity contribution is 0.204. The van der Waals surface area contributed by atoms with E-state index in [1.807, 2.05) is 48.5 Å². The Morgan fingerprint density at radius 3 is 2.32 bits per heavy atom. The molecular formula is C15H15BrO2S. The average molecular weight is 339 g/mol. The number of thioether (sulfide) groups is 1. The normalized spacial score (nSPS) is 12.2. The summed E-state index contributed by atoms with van der Waals surface area (Å²) in [5.74, 6) is 1.44. The average Bonchev–Trinajstić information content (AvgIpc) is 2.46. The fourth-order valence-corrected chi connectivity index (χ4v) is 2.76. The van der Waals surface area contributed by atoms with Crippen molar-refractivity contribution in [1.82, 2.24) is 0 Å². The van der Waals surface area contributed by atoms with Gasteiger partial charge in [-0.3, -0.25) is 0 Å². The Hall–Kier alpha value is -0.970. The van der Waals surface area contributed by atoms with Gasteiger partial charge in [0.15, 0.2) is 0 Å². The van der Waals surface area contributed by atoms with Crippen molar-refractivity contribution in [2.24, 2.45) is 0 Å². The zero-order valence-corrected chi connectivity index (χ0v) is 12.9. The summed E-state index contributed by atoms with van der Waals surface area (Å²) in [6.45, 7) is 0. The molecule has 0 spiro atoms. The molecule has 2 nitrogen and oxygen atoms in total. The molecule has 0 saturated heterocycles. The van der Waals surface area contributed by atoms with Gasteiger partial charge in [-0.25, -0.2) is 0 Å². The molecule has 0 fully saturated rings. The molecule has 1 unspecified atom stereocenters. The summed E-state index contributed by atoms with van der Waals surface area (Å²) in [6, 6.07) is 15.6. The van der Waals surface area contributed by atoms with Crippen LogP contribution < -0.4 is 4.74 Å². The maximum absolute atomic E-state index is 10.1. The van der Waals surface area contributed by atoms with Gasteiger partial charge in [-0.15, -0.1) is 11.8 Å². The van der Waals surface area contributed by atoms with Crippen molar-refractivity contribution in [3.8, 4) is 5.75 Å². The van der Waals surface area contributed by atoms with Crippen LogP contribution in [0.2, 0.25) is 0 Å². The lowest BCUT2D eigenvalue weighted by Crippen LogP contribution is -2.00. The minimum atomic E-state index is -0.473. The molecule has 0 amide bonds. The van der Waals surface area contributed by atoms with Crippen LogP contribution in [-0.4, -0.2) is 18.0 Å². The van der Waals surface area contributed by atoms with Crippen molar-refractivity contribution in [2.75, 3.05) is 12.9 Å². The lowest BCUT2D eigenvalue weighted by Gasteiger charge is -2.11. The van der Waals surface area contributed by atoms with Gasteiger partial charge < -0.3 is 9.84 Å². The Labute approximate surface area is 125 Å². The molecule has 2 aromatic rings. The van der Waals surface area contributed by atoms with Gasteiger partial charge in [-0.2, -0.15) is 0 Å². The predicted octanol–water partition coefficient (Wildman–Crippen LogP) is 4.28. The molecule has 100 valence electrons. The molecule has 0 aliphatic rings. The SMILES string of the molecule is COc1ccc(C(O)CSc2ccc(Br)cc2)cc1. The molecule has 0 radical (unpaired) electrons. The molecule has 2 aromatic carbocycles. The fraction of sp³-hybridized carbons (Fsp3) is 0.200. The summed E-state index contributed by atoms with van der Waals surface area (Å²) in [4.78, 5) is 1.15. The summed E-state index contributed by atoms with van der Waals surface area (Å²) >= 11 is 5.05. The van der Waals surface area contributed by atoms with Gasteiger partial charge in [-0.05, 0) is 42.0 Å². The van der Waals surface area contributed by atoms with Gasteiger partial charge in [0.1, 0.15) is 5.75 Å². The summed E-state index contributed by atoms with van der Waals surface area (Å²) < 4.78 is 6.16. The van der Waals surface area contributed by atoms with Gasteiger partial charge in [0.05, 0.1) is 13.2 Å². The van der Waals surface area contributed by atoms with E-state index in [4.69, 9.17) is 4.74 Å². The van der Waals surface area contributed by atoms with Crippen molar-refractivity contribution in [3.05, 3.63) is 58.6 Å². The van der Waals surface area contributed by atoms with E-state index in [-0.39, 0.29) is 0 Å². The highest BCUT2D eigenvalue weighted by Crippen LogP contribution is 2.26. The van der Waals surface area contributed by atoms with Crippen molar-refractivity contribution in [1.29, 1.82) is 0 Å². The molecule has 1 N–H and O–H groups in total. The second kappa shape index (κ2) is 6.98. The summed E-state index contributed by atoms with van der Waals surface area (Å²) in [7, 11) is 1.63. The molecule has 4 heteroatoms. The van der Waals surface area contributed by atoms with Crippen LogP contribution in [0.4, 0.5) is 0 Å². The largest absolute Gasteiger partial charge is 0.497 e. The summed E-state index contributed by atoms with van der Waals surface area (Å²) in [6.07, 6.45) is -0.473. The van der Waals surface area contributed by atoms with E-state index in [0.29, 0.717) is 5.75 Å². The molecular weight excluding hydrogens is 324 g/mol. The third-order valence-corrected chi connectivity index (χ3v) is 4.34. The lowest BCUT2D eigenvalue weighted by atomic mass is 10.1. The van der Waals surface area contributed by atoms with Crippen molar-refractivity contribution >= 4 is 27.7 Å². The van der Waals surface area contributed by atoms with E-state index < -0.39 is 6.10 Å². The van der Waals surface area contributed by atoms with Crippen LogP contribution in [0.25, 0.3) is 0 Å². The Kier molecular flexibility index (Phi) is 5.31. The van der Waals surface area contributed by atoms with Crippen LogP contribution in [0.3, 0.4) is 0 Å². The van der Waals surface area contributed by atoms with Crippen LogP contribution in [0.1, 0.15) is 11.7 Å². The first-order valence-electron chi connectivity index (χ1n) is 5.89. The number of hydrogen-bond acceptors (Lipinski definition) is 3. The van der Waals surface area contributed by atoms with Crippen molar-refractivity contribution in [2.45, 2.75) is 11.0 Å². The number of aliphatic hydroxyl groups is 1.